The summed E-state index contributed by atoms with van der Waals surface area (Å²) in [5.41, 5.74) is 1.71. The molecule has 8 nitrogen and oxygen atoms in total. The lowest BCUT2D eigenvalue weighted by atomic mass is 10.0. The van der Waals surface area contributed by atoms with Gasteiger partial charge in [-0.05, 0) is 66.6 Å². The molecule has 11 heteroatoms. The normalized spacial score (nSPS) is 19.6. The lowest BCUT2D eigenvalue weighted by molar-refractivity contribution is 0.0830. The lowest BCUT2D eigenvalue weighted by Crippen LogP contribution is -2.50. The molecular weight excluding hydrogens is 528 g/mol. The quantitative estimate of drug-likeness (QED) is 0.461. The van der Waals surface area contributed by atoms with Gasteiger partial charge in [-0.15, -0.1) is 0 Å². The second-order valence-electron chi connectivity index (χ2n) is 9.73. The maximum atomic E-state index is 13.7. The fourth-order valence-corrected chi connectivity index (χ4v) is 6.20. The number of nitrogens with one attached hydrogen (secondary N) is 1. The molecule has 0 radical (unpaired) electrons. The van der Waals surface area contributed by atoms with Crippen molar-refractivity contribution >= 4 is 21.7 Å². The van der Waals surface area contributed by atoms with Gasteiger partial charge in [-0.2, -0.15) is 4.31 Å². The Morgan fingerprint density at radius 2 is 1.67 bits per heavy atom. The number of hydrogen-bond donors (Lipinski definition) is 2. The monoisotopic (exact) mass is 559 g/mol. The summed E-state index contributed by atoms with van der Waals surface area (Å²) in [6.07, 6.45) is -0.625. The Bertz CT molecular complexity index is 1420. The second kappa shape index (κ2) is 11.7. The Balaban J connectivity index is 1.68. The summed E-state index contributed by atoms with van der Waals surface area (Å²) in [5.74, 6) is -1.10. The van der Waals surface area contributed by atoms with Crippen LogP contribution in [0.5, 0.6) is 5.75 Å². The zero-order chi connectivity index (χ0) is 28.3. The van der Waals surface area contributed by atoms with Gasteiger partial charge >= 0.3 is 6.03 Å². The second-order valence-corrected chi connectivity index (χ2v) is 11.6. The van der Waals surface area contributed by atoms with Crippen LogP contribution in [0.15, 0.2) is 71.6 Å². The Kier molecular flexibility index (Phi) is 8.53. The molecule has 4 rings (SSSR count). The minimum absolute atomic E-state index is 0.0568. The Labute approximate surface area is 226 Å². The predicted octanol–water partition coefficient (Wildman–Crippen LogP) is 4.56. The first-order valence-electron chi connectivity index (χ1n) is 12.5. The highest BCUT2D eigenvalue weighted by Crippen LogP contribution is 2.36. The molecule has 2 amide bonds. The number of likely N-dealkylation sites (N-methyl/N-ethyl adjacent to an activating group) is 1. The molecule has 1 aliphatic rings. The lowest BCUT2D eigenvalue weighted by Gasteiger charge is -2.37. The van der Waals surface area contributed by atoms with E-state index in [1.807, 2.05) is 6.92 Å². The number of aliphatic hydroxyl groups is 1. The zero-order valence-electron chi connectivity index (χ0n) is 21.8. The maximum Gasteiger partial charge on any atom is 0.321 e. The van der Waals surface area contributed by atoms with Crippen molar-refractivity contribution < 1.29 is 31.8 Å². The molecule has 1 heterocycles. The van der Waals surface area contributed by atoms with E-state index in [9.17, 15) is 27.1 Å². The summed E-state index contributed by atoms with van der Waals surface area (Å²) >= 11 is 0. The van der Waals surface area contributed by atoms with E-state index >= 15 is 0 Å². The highest BCUT2D eigenvalue weighted by atomic mass is 32.2. The number of anilines is 1. The van der Waals surface area contributed by atoms with Crippen LogP contribution >= 0.6 is 0 Å². The van der Waals surface area contributed by atoms with Gasteiger partial charge in [-0.3, -0.25) is 0 Å². The Hall–Kier alpha value is -3.54. The van der Waals surface area contributed by atoms with Crippen molar-refractivity contribution in [1.82, 2.24) is 9.21 Å². The molecule has 1 aliphatic heterocycles. The van der Waals surface area contributed by atoms with E-state index in [-0.39, 0.29) is 36.3 Å². The molecule has 0 aliphatic carbocycles. The van der Waals surface area contributed by atoms with Crippen LogP contribution in [0.3, 0.4) is 0 Å². The van der Waals surface area contributed by atoms with E-state index in [0.29, 0.717) is 16.8 Å². The van der Waals surface area contributed by atoms with Crippen LogP contribution in [0, 0.1) is 17.6 Å². The van der Waals surface area contributed by atoms with Crippen LogP contribution < -0.4 is 10.1 Å². The van der Waals surface area contributed by atoms with Crippen molar-refractivity contribution in [1.29, 1.82) is 0 Å². The zero-order valence-corrected chi connectivity index (χ0v) is 22.7. The third-order valence-electron chi connectivity index (χ3n) is 6.74. The molecule has 0 saturated carbocycles. The molecule has 208 valence electrons. The molecule has 0 bridgehead atoms. The molecule has 0 saturated heterocycles. The number of fused-ring (bicyclic) bond motifs is 1. The Morgan fingerprint density at radius 3 is 2.28 bits per heavy atom. The number of nitrogens with zero attached hydrogens (tertiary/aromatic N) is 2. The standard InChI is InChI=1S/C28H31F2N3O5S/c1-18-15-33(19(2)17-34)39(36,37)27-13-6-21(20-4-7-22(29)8-5-20)14-25(27)38-26(18)16-32(3)28(35)31-24-11-9-23(30)10-12-24/h4-14,18-19,26,34H,15-17H2,1-3H3,(H,31,35)/t18-,19-,26-/m1/s1. The van der Waals surface area contributed by atoms with Gasteiger partial charge in [-0.1, -0.05) is 25.1 Å². The van der Waals surface area contributed by atoms with Crippen LogP contribution in [0.1, 0.15) is 13.8 Å². The van der Waals surface area contributed by atoms with Crippen molar-refractivity contribution in [2.45, 2.75) is 30.9 Å². The molecule has 39 heavy (non-hydrogen) atoms. The SMILES string of the molecule is C[C@@H]1CN([C@H](C)CO)S(=O)(=O)c2ccc(-c3ccc(F)cc3)cc2O[C@@H]1CN(C)C(=O)Nc1ccc(F)cc1. The third-order valence-corrected chi connectivity index (χ3v) is 8.76. The predicted molar refractivity (Wildman–Crippen MR) is 144 cm³/mol. The van der Waals surface area contributed by atoms with Crippen LogP contribution in [-0.4, -0.2) is 67.7 Å². The average molecular weight is 560 g/mol. The molecular formula is C28H31F2N3O5S. The molecule has 0 unspecified atom stereocenters. The summed E-state index contributed by atoms with van der Waals surface area (Å²) < 4.78 is 61.6. The van der Waals surface area contributed by atoms with Gasteiger partial charge < -0.3 is 20.1 Å². The van der Waals surface area contributed by atoms with E-state index in [4.69, 9.17) is 4.74 Å². The first-order valence-corrected chi connectivity index (χ1v) is 13.9. The average Bonchev–Trinajstić information content (AvgIpc) is 2.91. The number of amides is 2. The van der Waals surface area contributed by atoms with Crippen molar-refractivity contribution in [3.8, 4) is 16.9 Å². The van der Waals surface area contributed by atoms with Gasteiger partial charge in [0.15, 0.2) is 0 Å². The van der Waals surface area contributed by atoms with Gasteiger partial charge in [0, 0.05) is 31.2 Å². The summed E-state index contributed by atoms with van der Waals surface area (Å²) in [6.45, 7) is 3.23. The summed E-state index contributed by atoms with van der Waals surface area (Å²) in [6, 6.07) is 14.7. The van der Waals surface area contributed by atoms with E-state index in [1.54, 1.807) is 38.2 Å². The van der Waals surface area contributed by atoms with Gasteiger partial charge in [0.2, 0.25) is 10.0 Å². The van der Waals surface area contributed by atoms with Crippen molar-refractivity contribution in [2.75, 3.05) is 32.1 Å². The fraction of sp³-hybridized carbons (Fsp3) is 0.321. The van der Waals surface area contributed by atoms with Crippen molar-refractivity contribution in [3.05, 3.63) is 78.4 Å². The van der Waals surface area contributed by atoms with Crippen LogP contribution in [-0.2, 0) is 10.0 Å². The number of rotatable bonds is 6. The molecule has 3 aromatic rings. The minimum atomic E-state index is -4.04. The minimum Gasteiger partial charge on any atom is -0.487 e. The van der Waals surface area contributed by atoms with Gasteiger partial charge in [0.25, 0.3) is 0 Å². The van der Waals surface area contributed by atoms with Crippen molar-refractivity contribution in [3.63, 3.8) is 0 Å². The van der Waals surface area contributed by atoms with E-state index < -0.39 is 39.8 Å². The summed E-state index contributed by atoms with van der Waals surface area (Å²) in [7, 11) is -2.46. The smallest absolute Gasteiger partial charge is 0.321 e. The maximum absolute atomic E-state index is 13.7. The third kappa shape index (κ3) is 6.38. The van der Waals surface area contributed by atoms with Crippen LogP contribution in [0.2, 0.25) is 0 Å². The van der Waals surface area contributed by atoms with Gasteiger partial charge in [-0.25, -0.2) is 22.0 Å². The fourth-order valence-electron chi connectivity index (χ4n) is 4.37. The number of sulfonamides is 1. The van der Waals surface area contributed by atoms with Gasteiger partial charge in [0.1, 0.15) is 28.4 Å². The highest BCUT2D eigenvalue weighted by Gasteiger charge is 2.38. The Morgan fingerprint density at radius 1 is 1.08 bits per heavy atom. The molecule has 0 aromatic heterocycles. The van der Waals surface area contributed by atoms with Crippen LogP contribution in [0.4, 0.5) is 19.3 Å². The molecule has 3 atom stereocenters. The van der Waals surface area contributed by atoms with E-state index in [1.165, 1.54) is 51.7 Å². The van der Waals surface area contributed by atoms with Gasteiger partial charge in [0.05, 0.1) is 13.2 Å². The first kappa shape index (κ1) is 28.5. The molecule has 3 aromatic carbocycles. The number of hydrogen-bond acceptors (Lipinski definition) is 5. The molecule has 0 fully saturated rings. The number of ether oxygens (including phenoxy) is 1. The number of benzene rings is 3. The van der Waals surface area contributed by atoms with E-state index in [0.717, 1.165) is 0 Å². The summed E-state index contributed by atoms with van der Waals surface area (Å²) in [5, 5.41) is 12.5. The first-order chi connectivity index (χ1) is 18.5. The topological polar surface area (TPSA) is 99.2 Å². The van der Waals surface area contributed by atoms with Crippen molar-refractivity contribution in [2.24, 2.45) is 5.92 Å². The largest absolute Gasteiger partial charge is 0.487 e. The highest BCUT2D eigenvalue weighted by molar-refractivity contribution is 7.89. The number of carbonyl (C=O) groups is 1. The number of carbonyl (C=O) groups excluding carboxylic acids is 1. The summed E-state index contributed by atoms with van der Waals surface area (Å²) in [4.78, 5) is 14.2. The molecule has 2 N–H and O–H groups in total. The molecule has 0 spiro atoms. The van der Waals surface area contributed by atoms with Crippen LogP contribution in [0.25, 0.3) is 11.1 Å². The van der Waals surface area contributed by atoms with E-state index in [2.05, 4.69) is 5.32 Å². The number of halogens is 2. The number of urea groups is 1. The number of aliphatic hydroxyl groups excluding tert-OH is 1.